The second kappa shape index (κ2) is 6.83. The van der Waals surface area contributed by atoms with Gasteiger partial charge in [-0.3, -0.25) is 4.79 Å². The third-order valence-electron chi connectivity index (χ3n) is 9.03. The summed E-state index contributed by atoms with van der Waals surface area (Å²) in [5.74, 6) is 4.61. The van der Waals surface area contributed by atoms with Gasteiger partial charge in [0.15, 0.2) is 11.5 Å². The fourth-order valence-electron chi connectivity index (χ4n) is 6.94. The number of imidazole rings is 1. The molecule has 4 fully saturated rings. The van der Waals surface area contributed by atoms with Crippen molar-refractivity contribution in [1.82, 2.24) is 29.0 Å². The quantitative estimate of drug-likeness (QED) is 0.444. The zero-order valence-corrected chi connectivity index (χ0v) is 20.0. The Kier molecular flexibility index (Phi) is 3.87. The number of aryl methyl sites for hydroxylation is 1. The maximum absolute atomic E-state index is 13.4. The van der Waals surface area contributed by atoms with E-state index in [2.05, 4.69) is 21.6 Å². The van der Waals surface area contributed by atoms with Crippen LogP contribution in [0.4, 0.5) is 0 Å². The minimum Gasteiger partial charge on any atom is -0.481 e. The number of nitrogens with zero attached hydrogens (tertiary/aromatic N) is 6. The molecule has 3 saturated carbocycles. The standard InChI is InChI=1S/C27H28N6O2/c1-31-25-19(8-17(11-28-25)27(34)33-13-18-7-16-10-20(33)23(16)18)29-26(31)21-9-15-5-6-22(35-2)30-24(15)32(21)12-14-3-4-14/h5-6,8-9,11,14,16,18,20,23H,3-4,7,10,12-13H2,1-2H3/t16?,18-,20-,23-/m1/s1. The van der Waals surface area contributed by atoms with Crippen LogP contribution in [0.3, 0.4) is 0 Å². The first kappa shape index (κ1) is 19.8. The monoisotopic (exact) mass is 468 g/mol. The summed E-state index contributed by atoms with van der Waals surface area (Å²) in [5, 5.41) is 1.07. The Morgan fingerprint density at radius 3 is 2.77 bits per heavy atom. The number of carbonyl (C=O) groups is 1. The van der Waals surface area contributed by atoms with Crippen molar-refractivity contribution in [3.63, 3.8) is 0 Å². The SMILES string of the molecule is COc1ccc2cc(-c3nc4cc(C(=O)N5C[C@H]6CC7C[C@@H]5[C@H]76)cnc4n3C)n(CC3CC3)c2n1. The fourth-order valence-corrected chi connectivity index (χ4v) is 6.94. The summed E-state index contributed by atoms with van der Waals surface area (Å²) in [5.41, 5.74) is 4.14. The summed E-state index contributed by atoms with van der Waals surface area (Å²) < 4.78 is 9.71. The Bertz CT molecular complexity index is 1530. The highest BCUT2D eigenvalue weighted by atomic mass is 16.5. The van der Waals surface area contributed by atoms with Gasteiger partial charge in [0, 0.05) is 43.8 Å². The summed E-state index contributed by atoms with van der Waals surface area (Å²) in [7, 11) is 3.65. The molecule has 3 aliphatic carbocycles. The van der Waals surface area contributed by atoms with Gasteiger partial charge >= 0.3 is 0 Å². The molecule has 1 saturated heterocycles. The van der Waals surface area contributed by atoms with Crippen LogP contribution < -0.4 is 4.74 Å². The van der Waals surface area contributed by atoms with Gasteiger partial charge in [-0.1, -0.05) is 0 Å². The zero-order valence-electron chi connectivity index (χ0n) is 20.0. The number of methoxy groups -OCH3 is 1. The normalized spacial score (nSPS) is 26.6. The minimum atomic E-state index is 0.114. The lowest BCUT2D eigenvalue weighted by atomic mass is 9.53. The number of amides is 1. The van der Waals surface area contributed by atoms with E-state index in [4.69, 9.17) is 19.7 Å². The van der Waals surface area contributed by atoms with Crippen LogP contribution in [0.15, 0.2) is 30.5 Å². The molecule has 0 bridgehead atoms. The van der Waals surface area contributed by atoms with E-state index >= 15 is 0 Å². The Morgan fingerprint density at radius 2 is 2.00 bits per heavy atom. The molecule has 178 valence electrons. The highest BCUT2D eigenvalue weighted by Crippen LogP contribution is 2.60. The Morgan fingerprint density at radius 1 is 1.11 bits per heavy atom. The predicted molar refractivity (Wildman–Crippen MR) is 131 cm³/mol. The highest BCUT2D eigenvalue weighted by molar-refractivity contribution is 5.97. The van der Waals surface area contributed by atoms with Gasteiger partial charge in [-0.2, -0.15) is 4.98 Å². The number of rotatable bonds is 5. The first-order chi connectivity index (χ1) is 17.1. The van der Waals surface area contributed by atoms with Gasteiger partial charge in [0.2, 0.25) is 5.88 Å². The second-order valence-electron chi connectivity index (χ2n) is 11.0. The zero-order chi connectivity index (χ0) is 23.4. The van der Waals surface area contributed by atoms with E-state index in [1.807, 2.05) is 23.7 Å². The van der Waals surface area contributed by atoms with Gasteiger partial charge in [-0.05, 0) is 67.6 Å². The van der Waals surface area contributed by atoms with E-state index in [-0.39, 0.29) is 5.91 Å². The highest BCUT2D eigenvalue weighted by Gasteiger charge is 2.61. The van der Waals surface area contributed by atoms with Crippen molar-refractivity contribution in [2.75, 3.05) is 13.7 Å². The lowest BCUT2D eigenvalue weighted by Crippen LogP contribution is -2.53. The van der Waals surface area contributed by atoms with Crippen LogP contribution in [-0.2, 0) is 13.6 Å². The van der Waals surface area contributed by atoms with Crippen molar-refractivity contribution in [2.45, 2.75) is 38.3 Å². The van der Waals surface area contributed by atoms with Crippen molar-refractivity contribution in [1.29, 1.82) is 0 Å². The number of hydrogen-bond acceptors (Lipinski definition) is 5. The first-order valence-corrected chi connectivity index (χ1v) is 12.8. The van der Waals surface area contributed by atoms with Gasteiger partial charge in [-0.15, -0.1) is 0 Å². The van der Waals surface area contributed by atoms with E-state index in [1.165, 1.54) is 25.7 Å². The van der Waals surface area contributed by atoms with Gasteiger partial charge in [-0.25, -0.2) is 9.97 Å². The molecule has 8 rings (SSSR count). The van der Waals surface area contributed by atoms with E-state index < -0.39 is 0 Å². The van der Waals surface area contributed by atoms with E-state index in [1.54, 1.807) is 13.3 Å². The molecular weight excluding hydrogens is 440 g/mol. The summed E-state index contributed by atoms with van der Waals surface area (Å²) in [6.45, 7) is 1.83. The van der Waals surface area contributed by atoms with Crippen molar-refractivity contribution < 1.29 is 9.53 Å². The molecule has 4 aromatic rings. The number of pyridine rings is 2. The van der Waals surface area contributed by atoms with Crippen LogP contribution in [0.2, 0.25) is 0 Å². The van der Waals surface area contributed by atoms with E-state index in [0.717, 1.165) is 64.6 Å². The van der Waals surface area contributed by atoms with Crippen molar-refractivity contribution >= 4 is 28.1 Å². The van der Waals surface area contributed by atoms with Crippen molar-refractivity contribution in [3.05, 3.63) is 36.0 Å². The molecule has 4 atom stereocenters. The molecule has 0 radical (unpaired) electrons. The maximum Gasteiger partial charge on any atom is 0.255 e. The first-order valence-electron chi connectivity index (χ1n) is 12.8. The van der Waals surface area contributed by atoms with Crippen LogP contribution in [0.25, 0.3) is 33.7 Å². The molecule has 4 aliphatic rings. The molecule has 8 nitrogen and oxygen atoms in total. The average Bonchev–Trinajstić information content (AvgIpc) is 3.53. The molecule has 35 heavy (non-hydrogen) atoms. The lowest BCUT2D eigenvalue weighted by molar-refractivity contribution is -0.0204. The molecule has 1 amide bonds. The van der Waals surface area contributed by atoms with Crippen LogP contribution in [0.5, 0.6) is 5.88 Å². The molecule has 5 heterocycles. The summed E-state index contributed by atoms with van der Waals surface area (Å²) in [6, 6.07) is 8.49. The molecule has 1 unspecified atom stereocenters. The van der Waals surface area contributed by atoms with E-state index in [0.29, 0.717) is 23.4 Å². The van der Waals surface area contributed by atoms with Gasteiger partial charge < -0.3 is 18.8 Å². The third-order valence-corrected chi connectivity index (χ3v) is 9.03. The third kappa shape index (κ3) is 2.73. The molecule has 0 spiro atoms. The number of hydrogen-bond donors (Lipinski definition) is 0. The van der Waals surface area contributed by atoms with Gasteiger partial charge in [0.05, 0.1) is 18.4 Å². The minimum absolute atomic E-state index is 0.114. The van der Waals surface area contributed by atoms with E-state index in [9.17, 15) is 4.79 Å². The van der Waals surface area contributed by atoms with Crippen LogP contribution in [-0.4, -0.2) is 54.6 Å². The molecule has 4 aromatic heterocycles. The predicted octanol–water partition coefficient (Wildman–Crippen LogP) is 3.88. The average molecular weight is 469 g/mol. The summed E-state index contributed by atoms with van der Waals surface area (Å²) in [4.78, 5) is 30.0. The number of likely N-dealkylation sites (tertiary alicyclic amines) is 1. The van der Waals surface area contributed by atoms with Gasteiger partial charge in [0.25, 0.3) is 5.91 Å². The largest absolute Gasteiger partial charge is 0.481 e. The molecule has 0 N–H and O–H groups in total. The molecular formula is C27H28N6O2. The number of aromatic nitrogens is 5. The molecule has 1 aliphatic heterocycles. The van der Waals surface area contributed by atoms with Crippen LogP contribution in [0, 0.1) is 23.7 Å². The second-order valence-corrected chi connectivity index (χ2v) is 11.0. The molecule has 8 heteroatoms. The maximum atomic E-state index is 13.4. The number of carbonyl (C=O) groups excluding carboxylic acids is 1. The summed E-state index contributed by atoms with van der Waals surface area (Å²) in [6.07, 6.45) is 6.72. The number of fused-ring (bicyclic) bond motifs is 2. The van der Waals surface area contributed by atoms with Crippen molar-refractivity contribution in [3.8, 4) is 17.4 Å². The van der Waals surface area contributed by atoms with Crippen molar-refractivity contribution in [2.24, 2.45) is 30.7 Å². The Balaban J connectivity index is 1.20. The fraction of sp³-hybridized carbons (Fsp3) is 0.481. The lowest BCUT2D eigenvalue weighted by Gasteiger charge is -2.52. The van der Waals surface area contributed by atoms with Gasteiger partial charge in [0.1, 0.15) is 11.2 Å². The molecule has 0 aromatic carbocycles. The van der Waals surface area contributed by atoms with Crippen LogP contribution >= 0.6 is 0 Å². The Labute approximate surface area is 202 Å². The summed E-state index contributed by atoms with van der Waals surface area (Å²) >= 11 is 0. The smallest absolute Gasteiger partial charge is 0.255 e. The number of ether oxygens (including phenoxy) is 1. The topological polar surface area (TPSA) is 78.1 Å². The Hall–Kier alpha value is -3.42. The van der Waals surface area contributed by atoms with Crippen LogP contribution in [0.1, 0.15) is 36.0 Å².